The summed E-state index contributed by atoms with van der Waals surface area (Å²) in [7, 11) is 0. The van der Waals surface area contributed by atoms with Crippen LogP contribution in [0.1, 0.15) is 25.3 Å². The highest BCUT2D eigenvalue weighted by atomic mass is 32.1. The fourth-order valence-corrected chi connectivity index (χ4v) is 1.79. The molecular weight excluding hydrogens is 222 g/mol. The molecule has 0 aliphatic carbocycles. The maximum atomic E-state index is 11.5. The normalized spacial score (nSPS) is 10.9. The van der Waals surface area contributed by atoms with E-state index in [0.29, 0.717) is 10.7 Å². The maximum absolute atomic E-state index is 11.5. The molecule has 0 unspecified atom stereocenters. The number of nitrogens with zero attached hydrogens (tertiary/aromatic N) is 1. The number of rotatable bonds is 2. The number of aromatic amines is 2. The van der Waals surface area contributed by atoms with Gasteiger partial charge in [-0.25, -0.2) is 14.5 Å². The topological polar surface area (TPSA) is 53.6 Å². The lowest BCUT2D eigenvalue weighted by molar-refractivity contribution is 0.864. The summed E-state index contributed by atoms with van der Waals surface area (Å²) in [4.78, 5) is 11.5. The van der Waals surface area contributed by atoms with Crippen LogP contribution in [0.3, 0.4) is 0 Å². The van der Waals surface area contributed by atoms with Crippen LogP contribution >= 0.6 is 12.2 Å². The molecule has 84 valence electrons. The van der Waals surface area contributed by atoms with Crippen molar-refractivity contribution in [1.29, 1.82) is 0 Å². The fraction of sp³-hybridized carbons (Fsp3) is 0.273. The van der Waals surface area contributed by atoms with Gasteiger partial charge in [0, 0.05) is 0 Å². The first-order chi connectivity index (χ1) is 7.59. The molecule has 16 heavy (non-hydrogen) atoms. The highest BCUT2D eigenvalue weighted by Gasteiger charge is 2.04. The standard InChI is InChI=1S/C11H13N3OS/c1-7(2)8-3-5-9(6-4-8)14-10(15)12-13-11(14)16/h3-7H,1-2H3,(H,12,15)(H,13,16). The summed E-state index contributed by atoms with van der Waals surface area (Å²) in [5.41, 5.74) is 1.77. The van der Waals surface area contributed by atoms with E-state index in [2.05, 4.69) is 24.0 Å². The quantitative estimate of drug-likeness (QED) is 0.785. The summed E-state index contributed by atoms with van der Waals surface area (Å²) in [5.74, 6) is 0.478. The summed E-state index contributed by atoms with van der Waals surface area (Å²) >= 11 is 5.02. The van der Waals surface area contributed by atoms with Gasteiger partial charge in [-0.05, 0) is 35.8 Å². The van der Waals surface area contributed by atoms with Crippen molar-refractivity contribution < 1.29 is 0 Å². The van der Waals surface area contributed by atoms with Crippen LogP contribution in [0, 0.1) is 4.77 Å². The molecular formula is C11H13N3OS. The van der Waals surface area contributed by atoms with Crippen molar-refractivity contribution in [1.82, 2.24) is 14.8 Å². The summed E-state index contributed by atoms with van der Waals surface area (Å²) in [5, 5.41) is 5.06. The zero-order valence-corrected chi connectivity index (χ0v) is 9.97. The molecule has 5 heteroatoms. The first-order valence-corrected chi connectivity index (χ1v) is 5.50. The van der Waals surface area contributed by atoms with E-state index in [1.807, 2.05) is 24.3 Å². The third kappa shape index (κ3) is 1.86. The first-order valence-electron chi connectivity index (χ1n) is 5.09. The molecule has 0 amide bonds. The van der Waals surface area contributed by atoms with E-state index in [9.17, 15) is 4.79 Å². The summed E-state index contributed by atoms with van der Waals surface area (Å²) in [6, 6.07) is 7.81. The molecule has 2 aromatic rings. The van der Waals surface area contributed by atoms with Crippen molar-refractivity contribution in [3.05, 3.63) is 45.1 Å². The van der Waals surface area contributed by atoms with Gasteiger partial charge in [0.05, 0.1) is 5.69 Å². The summed E-state index contributed by atoms with van der Waals surface area (Å²) in [6.07, 6.45) is 0. The van der Waals surface area contributed by atoms with E-state index >= 15 is 0 Å². The van der Waals surface area contributed by atoms with Crippen LogP contribution in [0.4, 0.5) is 0 Å². The summed E-state index contributed by atoms with van der Waals surface area (Å²) in [6.45, 7) is 4.26. The average molecular weight is 235 g/mol. The molecule has 0 spiro atoms. The highest BCUT2D eigenvalue weighted by molar-refractivity contribution is 7.71. The Morgan fingerprint density at radius 3 is 2.25 bits per heavy atom. The predicted molar refractivity (Wildman–Crippen MR) is 65.7 cm³/mol. The van der Waals surface area contributed by atoms with Gasteiger partial charge >= 0.3 is 5.69 Å². The van der Waals surface area contributed by atoms with Crippen molar-refractivity contribution >= 4 is 12.2 Å². The van der Waals surface area contributed by atoms with Gasteiger partial charge in [0.15, 0.2) is 0 Å². The number of benzene rings is 1. The Morgan fingerprint density at radius 1 is 1.19 bits per heavy atom. The second kappa shape index (κ2) is 4.09. The van der Waals surface area contributed by atoms with Gasteiger partial charge in [-0.2, -0.15) is 0 Å². The van der Waals surface area contributed by atoms with Crippen LogP contribution in [0.2, 0.25) is 0 Å². The Labute approximate surface area is 97.9 Å². The molecule has 1 aromatic carbocycles. The smallest absolute Gasteiger partial charge is 0.272 e. The Bertz CT molecular complexity index is 561. The molecule has 2 rings (SSSR count). The van der Waals surface area contributed by atoms with Crippen molar-refractivity contribution in [2.75, 3.05) is 0 Å². The number of hydrogen-bond acceptors (Lipinski definition) is 2. The fourth-order valence-electron chi connectivity index (χ4n) is 1.55. The van der Waals surface area contributed by atoms with Gasteiger partial charge in [-0.3, -0.25) is 5.10 Å². The third-order valence-electron chi connectivity index (χ3n) is 2.50. The number of nitrogens with one attached hydrogen (secondary N) is 2. The molecule has 1 heterocycles. The second-order valence-corrected chi connectivity index (χ2v) is 4.33. The monoisotopic (exact) mass is 235 g/mol. The van der Waals surface area contributed by atoms with Gasteiger partial charge in [0.2, 0.25) is 4.77 Å². The van der Waals surface area contributed by atoms with E-state index in [1.54, 1.807) is 0 Å². The Morgan fingerprint density at radius 2 is 1.81 bits per heavy atom. The SMILES string of the molecule is CC(C)c1ccc(-n2c(=O)[nH][nH]c2=S)cc1. The van der Waals surface area contributed by atoms with E-state index in [4.69, 9.17) is 12.2 Å². The maximum Gasteiger partial charge on any atom is 0.347 e. The van der Waals surface area contributed by atoms with Gasteiger partial charge in [-0.15, -0.1) is 0 Å². The predicted octanol–water partition coefficient (Wildman–Crippen LogP) is 2.35. The molecule has 4 nitrogen and oxygen atoms in total. The van der Waals surface area contributed by atoms with Gasteiger partial charge in [0.1, 0.15) is 0 Å². The Balaban J connectivity index is 2.51. The zero-order chi connectivity index (χ0) is 11.7. The number of H-pyrrole nitrogens is 2. The molecule has 0 saturated heterocycles. The van der Waals surface area contributed by atoms with E-state index in [1.165, 1.54) is 10.1 Å². The molecule has 0 aliphatic heterocycles. The average Bonchev–Trinajstić information content (AvgIpc) is 2.59. The zero-order valence-electron chi connectivity index (χ0n) is 9.15. The lowest BCUT2D eigenvalue weighted by atomic mass is 10.0. The Kier molecular flexibility index (Phi) is 2.78. The van der Waals surface area contributed by atoms with Crippen LogP contribution in [-0.4, -0.2) is 14.8 Å². The van der Waals surface area contributed by atoms with Gasteiger partial charge in [-0.1, -0.05) is 26.0 Å². The molecule has 2 N–H and O–H groups in total. The molecule has 0 fully saturated rings. The van der Waals surface area contributed by atoms with Gasteiger partial charge in [0.25, 0.3) is 0 Å². The van der Waals surface area contributed by atoms with Crippen LogP contribution in [0.5, 0.6) is 0 Å². The molecule has 0 aliphatic rings. The van der Waals surface area contributed by atoms with Crippen molar-refractivity contribution in [2.45, 2.75) is 19.8 Å². The number of hydrogen-bond donors (Lipinski definition) is 2. The third-order valence-corrected chi connectivity index (χ3v) is 2.79. The lowest BCUT2D eigenvalue weighted by Crippen LogP contribution is -2.14. The van der Waals surface area contributed by atoms with Crippen molar-refractivity contribution in [2.24, 2.45) is 0 Å². The van der Waals surface area contributed by atoms with Crippen molar-refractivity contribution in [3.8, 4) is 5.69 Å². The van der Waals surface area contributed by atoms with Crippen LogP contribution in [0.25, 0.3) is 5.69 Å². The molecule has 0 atom stereocenters. The highest BCUT2D eigenvalue weighted by Crippen LogP contribution is 2.15. The minimum Gasteiger partial charge on any atom is -0.272 e. The minimum absolute atomic E-state index is 0.248. The van der Waals surface area contributed by atoms with E-state index in [-0.39, 0.29) is 5.69 Å². The largest absolute Gasteiger partial charge is 0.347 e. The Hall–Kier alpha value is -1.62. The van der Waals surface area contributed by atoms with Crippen LogP contribution in [-0.2, 0) is 0 Å². The molecule has 0 bridgehead atoms. The summed E-state index contributed by atoms with van der Waals surface area (Å²) < 4.78 is 1.81. The molecule has 1 aromatic heterocycles. The molecule has 0 radical (unpaired) electrons. The van der Waals surface area contributed by atoms with Crippen molar-refractivity contribution in [3.63, 3.8) is 0 Å². The van der Waals surface area contributed by atoms with E-state index in [0.717, 1.165) is 5.69 Å². The van der Waals surface area contributed by atoms with Crippen LogP contribution in [0.15, 0.2) is 29.1 Å². The molecule has 0 saturated carbocycles. The lowest BCUT2D eigenvalue weighted by Gasteiger charge is -2.06. The van der Waals surface area contributed by atoms with E-state index < -0.39 is 0 Å². The van der Waals surface area contributed by atoms with Crippen LogP contribution < -0.4 is 5.69 Å². The number of aromatic nitrogens is 3. The second-order valence-electron chi connectivity index (χ2n) is 3.94. The van der Waals surface area contributed by atoms with Gasteiger partial charge < -0.3 is 0 Å². The first kappa shape index (κ1) is 10.9. The minimum atomic E-state index is -0.248.